The Morgan fingerprint density at radius 2 is 1.63 bits per heavy atom. The highest BCUT2D eigenvalue weighted by Gasteiger charge is 2.75. The van der Waals surface area contributed by atoms with Gasteiger partial charge in [0.15, 0.2) is 11.5 Å². The second kappa shape index (κ2) is 8.32. The van der Waals surface area contributed by atoms with Crippen molar-refractivity contribution in [3.63, 3.8) is 0 Å². The standard InChI is InChI=1S/C24H41N5O4Si2/c1-13(2)34(14(3)4)31-10-24-9-17(24)19(29-12-28-18-22(25)26-11-27-23(18)29)20(30)21(24)32-35(33-34,15(5)6)16(7)8/h11-17,19-21,30H,9-10H2,1-8H3,(H2,25,26,27)/t17-,19-,20-,21?,24+/m1/s1. The summed E-state index contributed by atoms with van der Waals surface area (Å²) in [5, 5.41) is 11.8. The van der Waals surface area contributed by atoms with Gasteiger partial charge >= 0.3 is 17.1 Å². The number of hydrogen-bond donors (Lipinski definition) is 2. The summed E-state index contributed by atoms with van der Waals surface area (Å²) in [6.07, 6.45) is 3.07. The Bertz CT molecular complexity index is 1090. The predicted octanol–water partition coefficient (Wildman–Crippen LogP) is 4.29. The van der Waals surface area contributed by atoms with Gasteiger partial charge in [-0.1, -0.05) is 55.4 Å². The van der Waals surface area contributed by atoms with E-state index in [4.69, 9.17) is 18.7 Å². The minimum atomic E-state index is -2.80. The van der Waals surface area contributed by atoms with Crippen LogP contribution in [-0.2, 0) is 13.0 Å². The molecule has 1 spiro atoms. The Labute approximate surface area is 210 Å². The summed E-state index contributed by atoms with van der Waals surface area (Å²) in [7, 11) is -5.42. The molecule has 1 unspecified atom stereocenters. The van der Waals surface area contributed by atoms with Crippen LogP contribution in [0.15, 0.2) is 12.7 Å². The lowest BCUT2D eigenvalue weighted by Crippen LogP contribution is -2.65. The molecule has 2 aromatic rings. The topological polar surface area (TPSA) is 118 Å². The molecule has 35 heavy (non-hydrogen) atoms. The van der Waals surface area contributed by atoms with Crippen molar-refractivity contribution in [1.29, 1.82) is 0 Å². The average Bonchev–Trinajstić information content (AvgIpc) is 3.24. The van der Waals surface area contributed by atoms with Crippen molar-refractivity contribution in [2.45, 2.75) is 102 Å². The number of aliphatic hydroxyl groups excluding tert-OH is 1. The molecule has 2 aliphatic carbocycles. The first kappa shape index (κ1) is 25.3. The Morgan fingerprint density at radius 1 is 1.00 bits per heavy atom. The number of rotatable bonds is 5. The molecule has 0 bridgehead atoms. The number of hydrogen-bond acceptors (Lipinski definition) is 8. The summed E-state index contributed by atoms with van der Waals surface area (Å²) in [5.41, 5.74) is 8.06. The fourth-order valence-corrected chi connectivity index (χ4v) is 18.3. The molecule has 1 aliphatic heterocycles. The van der Waals surface area contributed by atoms with E-state index in [9.17, 15) is 5.11 Å². The van der Waals surface area contributed by atoms with E-state index in [1.807, 2.05) is 4.57 Å². The highest BCUT2D eigenvalue weighted by molar-refractivity contribution is 6.84. The number of imidazole rings is 1. The van der Waals surface area contributed by atoms with Gasteiger partial charge in [-0.25, -0.2) is 15.0 Å². The monoisotopic (exact) mass is 519 g/mol. The molecule has 2 aromatic heterocycles. The van der Waals surface area contributed by atoms with E-state index in [1.165, 1.54) is 6.33 Å². The third kappa shape index (κ3) is 3.42. The summed E-state index contributed by atoms with van der Waals surface area (Å²) < 4.78 is 23.5. The second-order valence-corrected chi connectivity index (χ2v) is 20.9. The summed E-state index contributed by atoms with van der Waals surface area (Å²) in [6, 6.07) is -0.207. The van der Waals surface area contributed by atoms with Crippen LogP contribution < -0.4 is 5.73 Å². The zero-order valence-corrected chi connectivity index (χ0v) is 24.2. The van der Waals surface area contributed by atoms with Gasteiger partial charge in [0.25, 0.3) is 0 Å². The molecule has 3 aliphatic rings. The summed E-state index contributed by atoms with van der Waals surface area (Å²) >= 11 is 0. The lowest BCUT2D eigenvalue weighted by molar-refractivity contribution is -0.0476. The van der Waals surface area contributed by atoms with Crippen LogP contribution in [0.3, 0.4) is 0 Å². The van der Waals surface area contributed by atoms with E-state index < -0.39 is 23.2 Å². The SMILES string of the molecule is CC(C)[Si]1(C(C)C)OC[C@@]23C[C@@H]2[C@@H](n2cnc4c(N)ncnc42)[C@@H](O)C3O[Si](C(C)C)(C(C)C)O1. The zero-order chi connectivity index (χ0) is 25.5. The molecule has 2 saturated carbocycles. The van der Waals surface area contributed by atoms with Crippen molar-refractivity contribution < 1.29 is 18.1 Å². The van der Waals surface area contributed by atoms with Crippen molar-refractivity contribution in [2.24, 2.45) is 11.3 Å². The summed E-state index contributed by atoms with van der Waals surface area (Å²) in [6.45, 7) is 18.4. The van der Waals surface area contributed by atoms with Gasteiger partial charge in [0.05, 0.1) is 18.5 Å². The third-order valence-corrected chi connectivity index (χ3v) is 19.1. The van der Waals surface area contributed by atoms with E-state index in [0.29, 0.717) is 34.7 Å². The fourth-order valence-electron chi connectivity index (χ4n) is 6.94. The first-order chi connectivity index (χ1) is 16.4. The van der Waals surface area contributed by atoms with Crippen molar-refractivity contribution >= 4 is 34.1 Å². The van der Waals surface area contributed by atoms with E-state index in [2.05, 4.69) is 70.3 Å². The van der Waals surface area contributed by atoms with Gasteiger partial charge in [-0.2, -0.15) is 0 Å². The molecule has 3 N–H and O–H groups in total. The highest BCUT2D eigenvalue weighted by atomic mass is 28.5. The van der Waals surface area contributed by atoms with Gasteiger partial charge in [0.1, 0.15) is 17.9 Å². The minimum Gasteiger partial charge on any atom is -0.414 e. The molecule has 1 saturated heterocycles. The van der Waals surface area contributed by atoms with E-state index in [-0.39, 0.29) is 34.6 Å². The summed E-state index contributed by atoms with van der Waals surface area (Å²) in [5.74, 6) is 0.563. The predicted molar refractivity (Wildman–Crippen MR) is 139 cm³/mol. The Balaban J connectivity index is 1.61. The van der Waals surface area contributed by atoms with Gasteiger partial charge in [-0.05, 0) is 34.5 Å². The molecule has 11 heteroatoms. The molecule has 5 atom stereocenters. The Morgan fingerprint density at radius 3 is 2.23 bits per heavy atom. The number of aliphatic hydroxyl groups is 1. The maximum Gasteiger partial charge on any atom is 0.335 e. The highest BCUT2D eigenvalue weighted by Crippen LogP contribution is 2.70. The number of anilines is 1. The first-order valence-electron chi connectivity index (χ1n) is 13.0. The van der Waals surface area contributed by atoms with Gasteiger partial charge in [-0.3, -0.25) is 0 Å². The molecule has 5 rings (SSSR count). The normalized spacial score (nSPS) is 33.9. The van der Waals surface area contributed by atoms with E-state index in [1.54, 1.807) is 6.33 Å². The lowest BCUT2D eigenvalue weighted by Gasteiger charge is -2.52. The van der Waals surface area contributed by atoms with Crippen LogP contribution in [0, 0.1) is 11.3 Å². The fraction of sp³-hybridized carbons (Fsp3) is 0.792. The molecular weight excluding hydrogens is 478 g/mol. The largest absolute Gasteiger partial charge is 0.414 e. The molecular formula is C24H41N5O4Si2. The van der Waals surface area contributed by atoms with Crippen LogP contribution in [0.1, 0.15) is 67.9 Å². The van der Waals surface area contributed by atoms with Crippen LogP contribution in [0.4, 0.5) is 5.82 Å². The van der Waals surface area contributed by atoms with E-state index >= 15 is 0 Å². The molecule has 0 amide bonds. The molecule has 0 aromatic carbocycles. The van der Waals surface area contributed by atoms with Crippen LogP contribution in [-0.4, -0.2) is 60.6 Å². The number of nitrogens with zero attached hydrogens (tertiary/aromatic N) is 4. The van der Waals surface area contributed by atoms with Crippen LogP contribution in [0.25, 0.3) is 11.2 Å². The zero-order valence-electron chi connectivity index (χ0n) is 22.2. The number of nitrogen functional groups attached to an aromatic ring is 1. The molecule has 9 nitrogen and oxygen atoms in total. The Hall–Kier alpha value is -1.38. The van der Waals surface area contributed by atoms with Gasteiger partial charge < -0.3 is 28.4 Å². The van der Waals surface area contributed by atoms with Gasteiger partial charge in [0, 0.05) is 12.0 Å². The third-order valence-electron chi connectivity index (χ3n) is 8.94. The molecule has 194 valence electrons. The smallest absolute Gasteiger partial charge is 0.335 e. The maximum absolute atomic E-state index is 11.8. The number of nitrogens with two attached hydrogens (primary N) is 1. The van der Waals surface area contributed by atoms with Crippen molar-refractivity contribution in [3.8, 4) is 0 Å². The Kier molecular flexibility index (Phi) is 6.01. The van der Waals surface area contributed by atoms with Crippen LogP contribution in [0.2, 0.25) is 22.2 Å². The molecule has 3 heterocycles. The molecule has 0 radical (unpaired) electrons. The average molecular weight is 520 g/mol. The minimum absolute atomic E-state index is 0.207. The molecule has 3 fully saturated rings. The van der Waals surface area contributed by atoms with Gasteiger partial charge in [-0.15, -0.1) is 0 Å². The number of aromatic nitrogens is 4. The number of fused-ring (bicyclic) bond motifs is 1. The van der Waals surface area contributed by atoms with E-state index in [0.717, 1.165) is 6.42 Å². The van der Waals surface area contributed by atoms with Crippen LogP contribution >= 0.6 is 0 Å². The van der Waals surface area contributed by atoms with Crippen molar-refractivity contribution in [2.75, 3.05) is 12.3 Å². The lowest BCUT2D eigenvalue weighted by atomic mass is 10.0. The summed E-state index contributed by atoms with van der Waals surface area (Å²) in [4.78, 5) is 13.0. The second-order valence-electron chi connectivity index (χ2n) is 12.1. The van der Waals surface area contributed by atoms with Crippen molar-refractivity contribution in [3.05, 3.63) is 12.7 Å². The van der Waals surface area contributed by atoms with Gasteiger partial charge in [0.2, 0.25) is 0 Å². The maximum atomic E-state index is 11.8. The quantitative estimate of drug-likeness (QED) is 0.562. The first-order valence-corrected chi connectivity index (χ1v) is 17.0. The van der Waals surface area contributed by atoms with Crippen LogP contribution in [0.5, 0.6) is 0 Å². The van der Waals surface area contributed by atoms with Crippen molar-refractivity contribution in [1.82, 2.24) is 19.5 Å².